The Bertz CT molecular complexity index is 1020. The van der Waals surface area contributed by atoms with Gasteiger partial charge >= 0.3 is 0 Å². The highest BCUT2D eigenvalue weighted by Gasteiger charge is 2.10. The van der Waals surface area contributed by atoms with Crippen molar-refractivity contribution in [1.29, 1.82) is 0 Å². The SMILES string of the molecule is O=C(Cn1cnc2ccccc2c1=O)NCC(=O)Nc1ccc(Cl)cn1. The van der Waals surface area contributed by atoms with E-state index in [2.05, 4.69) is 20.6 Å². The maximum Gasteiger partial charge on any atom is 0.261 e. The molecule has 9 heteroatoms. The average Bonchev–Trinajstić information content (AvgIpc) is 2.64. The Morgan fingerprint density at radius 2 is 1.88 bits per heavy atom. The Morgan fingerprint density at radius 1 is 1.08 bits per heavy atom. The first-order valence-electron chi connectivity index (χ1n) is 7.65. The van der Waals surface area contributed by atoms with Gasteiger partial charge in [-0.3, -0.25) is 19.0 Å². The highest BCUT2D eigenvalue weighted by molar-refractivity contribution is 6.30. The second-order valence-electron chi connectivity index (χ2n) is 5.38. The number of carbonyl (C=O) groups excluding carboxylic acids is 2. The van der Waals surface area contributed by atoms with Crippen molar-refractivity contribution in [3.63, 3.8) is 0 Å². The number of benzene rings is 1. The predicted octanol–water partition coefficient (Wildman–Crippen LogP) is 1.20. The molecule has 0 unspecified atom stereocenters. The summed E-state index contributed by atoms with van der Waals surface area (Å²) in [7, 11) is 0. The van der Waals surface area contributed by atoms with Crippen molar-refractivity contribution in [2.24, 2.45) is 0 Å². The number of fused-ring (bicyclic) bond motifs is 1. The summed E-state index contributed by atoms with van der Waals surface area (Å²) in [6.07, 6.45) is 2.71. The molecule has 26 heavy (non-hydrogen) atoms. The molecule has 2 N–H and O–H groups in total. The van der Waals surface area contributed by atoms with Crippen molar-refractivity contribution in [3.8, 4) is 0 Å². The molecule has 0 saturated heterocycles. The molecule has 0 aliphatic rings. The maximum atomic E-state index is 12.3. The Kier molecular flexibility index (Phi) is 5.23. The van der Waals surface area contributed by atoms with Gasteiger partial charge in [-0.25, -0.2) is 9.97 Å². The van der Waals surface area contributed by atoms with E-state index < -0.39 is 11.8 Å². The lowest BCUT2D eigenvalue weighted by Gasteiger charge is -2.08. The predicted molar refractivity (Wildman–Crippen MR) is 96.9 cm³/mol. The van der Waals surface area contributed by atoms with Crippen LogP contribution in [0.4, 0.5) is 5.82 Å². The molecule has 2 heterocycles. The van der Waals surface area contributed by atoms with E-state index in [1.165, 1.54) is 17.1 Å². The molecule has 2 aromatic heterocycles. The summed E-state index contributed by atoms with van der Waals surface area (Å²) in [5.41, 5.74) is 0.240. The van der Waals surface area contributed by atoms with Crippen LogP contribution in [0.5, 0.6) is 0 Å². The van der Waals surface area contributed by atoms with Gasteiger partial charge in [0.1, 0.15) is 12.4 Å². The van der Waals surface area contributed by atoms with Gasteiger partial charge in [0.15, 0.2) is 0 Å². The van der Waals surface area contributed by atoms with Crippen LogP contribution in [-0.4, -0.2) is 32.9 Å². The van der Waals surface area contributed by atoms with Crippen molar-refractivity contribution < 1.29 is 9.59 Å². The number of hydrogen-bond donors (Lipinski definition) is 2. The number of rotatable bonds is 5. The number of amides is 2. The second-order valence-corrected chi connectivity index (χ2v) is 5.82. The highest BCUT2D eigenvalue weighted by Crippen LogP contribution is 2.09. The van der Waals surface area contributed by atoms with Crippen molar-refractivity contribution >= 4 is 40.1 Å². The van der Waals surface area contributed by atoms with E-state index in [0.29, 0.717) is 21.7 Å². The number of nitrogens with one attached hydrogen (secondary N) is 2. The Morgan fingerprint density at radius 3 is 2.65 bits per heavy atom. The quantitative estimate of drug-likeness (QED) is 0.701. The van der Waals surface area contributed by atoms with E-state index in [0.717, 1.165) is 0 Å². The van der Waals surface area contributed by atoms with Gasteiger partial charge in [-0.15, -0.1) is 0 Å². The summed E-state index contributed by atoms with van der Waals surface area (Å²) in [5, 5.41) is 5.84. The van der Waals surface area contributed by atoms with E-state index in [9.17, 15) is 14.4 Å². The van der Waals surface area contributed by atoms with Crippen LogP contribution in [0.1, 0.15) is 0 Å². The van der Waals surface area contributed by atoms with E-state index in [-0.39, 0.29) is 18.6 Å². The van der Waals surface area contributed by atoms with Crippen molar-refractivity contribution in [2.45, 2.75) is 6.54 Å². The first-order valence-corrected chi connectivity index (χ1v) is 8.03. The smallest absolute Gasteiger partial charge is 0.261 e. The molecule has 132 valence electrons. The van der Waals surface area contributed by atoms with Gasteiger partial charge in [0, 0.05) is 6.20 Å². The molecule has 0 atom stereocenters. The summed E-state index contributed by atoms with van der Waals surface area (Å²) < 4.78 is 1.19. The lowest BCUT2D eigenvalue weighted by molar-refractivity contribution is -0.124. The van der Waals surface area contributed by atoms with Gasteiger partial charge in [-0.05, 0) is 24.3 Å². The third-order valence-corrected chi connectivity index (χ3v) is 3.71. The van der Waals surface area contributed by atoms with Crippen molar-refractivity contribution in [1.82, 2.24) is 19.9 Å². The minimum absolute atomic E-state index is 0.233. The molecule has 0 saturated carbocycles. The first kappa shape index (κ1) is 17.6. The van der Waals surface area contributed by atoms with E-state index >= 15 is 0 Å². The number of para-hydroxylation sites is 1. The summed E-state index contributed by atoms with van der Waals surface area (Å²) in [4.78, 5) is 44.2. The summed E-state index contributed by atoms with van der Waals surface area (Å²) in [6, 6.07) is 10.00. The van der Waals surface area contributed by atoms with Crippen molar-refractivity contribution in [3.05, 3.63) is 64.3 Å². The third kappa shape index (κ3) is 4.22. The number of anilines is 1. The molecule has 3 aromatic rings. The van der Waals surface area contributed by atoms with Gasteiger partial charge in [-0.2, -0.15) is 0 Å². The number of halogens is 1. The molecule has 0 spiro atoms. The summed E-state index contributed by atoms with van der Waals surface area (Å²) in [6.45, 7) is -0.484. The molecular formula is C17H14ClN5O3. The molecule has 2 amide bonds. The summed E-state index contributed by atoms with van der Waals surface area (Å²) in [5.74, 6) is -0.607. The third-order valence-electron chi connectivity index (χ3n) is 3.49. The number of pyridine rings is 1. The Hall–Kier alpha value is -3.26. The molecule has 8 nitrogen and oxygen atoms in total. The largest absolute Gasteiger partial charge is 0.345 e. The van der Waals surface area contributed by atoms with E-state index in [1.54, 1.807) is 36.4 Å². The fourth-order valence-corrected chi connectivity index (χ4v) is 2.36. The van der Waals surface area contributed by atoms with Crippen LogP contribution in [0.2, 0.25) is 5.02 Å². The molecule has 0 radical (unpaired) electrons. The fraction of sp³-hybridized carbons (Fsp3) is 0.118. The number of aromatic nitrogens is 3. The van der Waals surface area contributed by atoms with Crippen LogP contribution in [0.25, 0.3) is 10.9 Å². The van der Waals surface area contributed by atoms with Crippen LogP contribution < -0.4 is 16.2 Å². The van der Waals surface area contributed by atoms with Crippen LogP contribution in [0, 0.1) is 0 Å². The minimum Gasteiger partial charge on any atom is -0.345 e. The van der Waals surface area contributed by atoms with E-state index in [4.69, 9.17) is 11.6 Å². The molecule has 1 aromatic carbocycles. The van der Waals surface area contributed by atoms with Crippen LogP contribution in [-0.2, 0) is 16.1 Å². The first-order chi connectivity index (χ1) is 12.5. The zero-order valence-electron chi connectivity index (χ0n) is 13.5. The average molecular weight is 372 g/mol. The topological polar surface area (TPSA) is 106 Å². The zero-order chi connectivity index (χ0) is 18.5. The van der Waals surface area contributed by atoms with Gasteiger partial charge < -0.3 is 10.6 Å². The molecular weight excluding hydrogens is 358 g/mol. The van der Waals surface area contributed by atoms with Crippen LogP contribution in [0.3, 0.4) is 0 Å². The maximum absolute atomic E-state index is 12.3. The van der Waals surface area contributed by atoms with Gasteiger partial charge in [0.05, 0.1) is 28.8 Å². The summed E-state index contributed by atoms with van der Waals surface area (Å²) >= 11 is 5.71. The fourth-order valence-electron chi connectivity index (χ4n) is 2.25. The Labute approximate surface area is 152 Å². The van der Waals surface area contributed by atoms with Gasteiger partial charge in [0.2, 0.25) is 11.8 Å². The van der Waals surface area contributed by atoms with Crippen LogP contribution in [0.15, 0.2) is 53.7 Å². The molecule has 0 aliphatic heterocycles. The standard InChI is InChI=1S/C17H14ClN5O3/c18-11-5-6-14(19-7-11)22-15(24)8-20-16(25)9-23-10-21-13-4-2-1-3-12(13)17(23)26/h1-7,10H,8-9H2,(H,20,25)(H,19,22,24). The van der Waals surface area contributed by atoms with Crippen LogP contribution >= 0.6 is 11.6 Å². The molecule has 3 rings (SSSR count). The number of nitrogens with zero attached hydrogens (tertiary/aromatic N) is 3. The number of carbonyl (C=O) groups is 2. The van der Waals surface area contributed by atoms with E-state index in [1.807, 2.05) is 0 Å². The second kappa shape index (κ2) is 7.75. The van der Waals surface area contributed by atoms with Gasteiger partial charge in [-0.1, -0.05) is 23.7 Å². The number of hydrogen-bond acceptors (Lipinski definition) is 5. The Balaban J connectivity index is 1.57. The normalized spacial score (nSPS) is 10.5. The van der Waals surface area contributed by atoms with Crippen molar-refractivity contribution in [2.75, 3.05) is 11.9 Å². The zero-order valence-corrected chi connectivity index (χ0v) is 14.2. The monoisotopic (exact) mass is 371 g/mol. The molecule has 0 aliphatic carbocycles. The molecule has 0 bridgehead atoms. The molecule has 0 fully saturated rings. The minimum atomic E-state index is -0.483. The lowest BCUT2D eigenvalue weighted by Crippen LogP contribution is -2.37. The van der Waals surface area contributed by atoms with Gasteiger partial charge in [0.25, 0.3) is 5.56 Å². The lowest BCUT2D eigenvalue weighted by atomic mass is 10.2. The highest BCUT2D eigenvalue weighted by atomic mass is 35.5.